The largest absolute Gasteiger partial charge is 0.507 e. The first-order valence-corrected chi connectivity index (χ1v) is 8.74. The Morgan fingerprint density at radius 1 is 1.21 bits per heavy atom. The third-order valence-electron chi connectivity index (χ3n) is 4.30. The Hall–Kier alpha value is -3.45. The second-order valence-corrected chi connectivity index (χ2v) is 6.64. The minimum Gasteiger partial charge on any atom is -0.507 e. The van der Waals surface area contributed by atoms with Gasteiger partial charge in [-0.1, -0.05) is 23.7 Å². The molecule has 2 aromatic carbocycles. The molecule has 0 amide bonds. The highest BCUT2D eigenvalue weighted by atomic mass is 35.5. The van der Waals surface area contributed by atoms with Crippen LogP contribution < -0.4 is 0 Å². The summed E-state index contributed by atoms with van der Waals surface area (Å²) in [5, 5.41) is 18.0. The van der Waals surface area contributed by atoms with Crippen molar-refractivity contribution in [3.05, 3.63) is 88.4 Å². The van der Waals surface area contributed by atoms with Crippen LogP contribution in [-0.2, 0) is 6.42 Å². The van der Waals surface area contributed by atoms with Crippen molar-refractivity contribution < 1.29 is 14.3 Å². The third kappa shape index (κ3) is 3.52. The van der Waals surface area contributed by atoms with E-state index >= 15 is 0 Å². The molecule has 4 rings (SSSR count). The van der Waals surface area contributed by atoms with Gasteiger partial charge in [0.1, 0.15) is 17.9 Å². The van der Waals surface area contributed by atoms with E-state index in [0.717, 1.165) is 17.2 Å². The number of nitrogens with one attached hydrogen (secondary N) is 2. The maximum Gasteiger partial charge on any atom is 0.226 e. The van der Waals surface area contributed by atoms with E-state index in [0.29, 0.717) is 28.1 Å². The van der Waals surface area contributed by atoms with E-state index in [-0.39, 0.29) is 17.4 Å². The lowest BCUT2D eigenvalue weighted by Gasteiger charge is -2.05. The first kappa shape index (κ1) is 17.9. The Labute approximate surface area is 163 Å². The van der Waals surface area contributed by atoms with Crippen molar-refractivity contribution in [1.82, 2.24) is 20.2 Å². The molecule has 4 aromatic rings. The fourth-order valence-corrected chi connectivity index (χ4v) is 3.21. The third-order valence-corrected chi connectivity index (χ3v) is 4.54. The molecule has 140 valence electrons. The van der Waals surface area contributed by atoms with Crippen LogP contribution >= 0.6 is 11.6 Å². The van der Waals surface area contributed by atoms with E-state index in [9.17, 15) is 14.3 Å². The van der Waals surface area contributed by atoms with Gasteiger partial charge in [-0.2, -0.15) is 5.10 Å². The number of ketones is 1. The number of halogens is 2. The average Bonchev–Trinajstić information content (AvgIpc) is 3.31. The normalized spacial score (nSPS) is 11.9. The highest BCUT2D eigenvalue weighted by molar-refractivity contribution is 6.31. The van der Waals surface area contributed by atoms with Gasteiger partial charge < -0.3 is 10.1 Å². The molecule has 0 saturated heterocycles. The van der Waals surface area contributed by atoms with E-state index in [2.05, 4.69) is 20.2 Å². The molecule has 8 heteroatoms. The summed E-state index contributed by atoms with van der Waals surface area (Å²) in [6.45, 7) is 0. The maximum absolute atomic E-state index is 13.2. The summed E-state index contributed by atoms with van der Waals surface area (Å²) in [5.41, 5.74) is 2.72. The van der Waals surface area contributed by atoms with E-state index < -0.39 is 5.78 Å². The SMILES string of the molecule is O=C(/C=C(/O)c1c(Cc2ccc(F)cc2)[nH]c2ccc(Cl)cc12)c1ncn[nH]1. The molecular formula is C20H14ClFN4O2. The number of hydrogen-bond acceptors (Lipinski definition) is 4. The summed E-state index contributed by atoms with van der Waals surface area (Å²) >= 11 is 6.12. The molecule has 3 N–H and O–H groups in total. The average molecular weight is 397 g/mol. The number of aromatic nitrogens is 4. The zero-order chi connectivity index (χ0) is 19.7. The van der Waals surface area contributed by atoms with Gasteiger partial charge in [-0.05, 0) is 35.9 Å². The topological polar surface area (TPSA) is 94.7 Å². The monoisotopic (exact) mass is 396 g/mol. The van der Waals surface area contributed by atoms with Crippen LogP contribution in [0.1, 0.15) is 27.4 Å². The molecule has 0 radical (unpaired) electrons. The Balaban J connectivity index is 1.81. The number of aliphatic hydroxyl groups is 1. The molecule has 0 spiro atoms. The lowest BCUT2D eigenvalue weighted by atomic mass is 10.0. The number of benzene rings is 2. The van der Waals surface area contributed by atoms with E-state index in [1.165, 1.54) is 18.5 Å². The van der Waals surface area contributed by atoms with Crippen molar-refractivity contribution in [3.8, 4) is 0 Å². The standard InChI is InChI=1S/C20H14ClFN4O2/c21-12-3-6-15-14(8-12)19(17(27)9-18(28)20-23-10-24-26-20)16(25-15)7-11-1-4-13(22)5-2-11/h1-6,8-10,25,27H,7H2,(H,23,24,26)/b17-9+. The van der Waals surface area contributed by atoms with Crippen LogP contribution in [0.15, 0.2) is 54.9 Å². The van der Waals surface area contributed by atoms with Gasteiger partial charge in [0.2, 0.25) is 5.78 Å². The predicted molar refractivity (Wildman–Crippen MR) is 104 cm³/mol. The molecule has 0 unspecified atom stereocenters. The number of nitrogens with zero attached hydrogens (tertiary/aromatic N) is 2. The van der Waals surface area contributed by atoms with Crippen molar-refractivity contribution in [3.63, 3.8) is 0 Å². The Morgan fingerprint density at radius 2 is 2.00 bits per heavy atom. The number of aromatic amines is 2. The van der Waals surface area contributed by atoms with Crippen molar-refractivity contribution >= 4 is 34.0 Å². The second-order valence-electron chi connectivity index (χ2n) is 6.20. The minimum absolute atomic E-state index is 0.0181. The predicted octanol–water partition coefficient (Wildman–Crippen LogP) is 4.45. The van der Waals surface area contributed by atoms with Gasteiger partial charge in [0.25, 0.3) is 0 Å². The lowest BCUT2D eigenvalue weighted by molar-refractivity contribution is 0.103. The summed E-state index contributed by atoms with van der Waals surface area (Å²) in [4.78, 5) is 19.3. The number of hydrogen-bond donors (Lipinski definition) is 3. The number of fused-ring (bicyclic) bond motifs is 1. The van der Waals surface area contributed by atoms with Gasteiger partial charge >= 0.3 is 0 Å². The second kappa shape index (κ2) is 7.28. The van der Waals surface area contributed by atoms with Gasteiger partial charge in [0.15, 0.2) is 5.82 Å². The number of aliphatic hydroxyl groups excluding tert-OH is 1. The molecule has 0 fully saturated rings. The number of carbonyl (C=O) groups is 1. The smallest absolute Gasteiger partial charge is 0.226 e. The van der Waals surface area contributed by atoms with Crippen LogP contribution in [0, 0.1) is 5.82 Å². The zero-order valence-corrected chi connectivity index (χ0v) is 15.2. The molecule has 2 aromatic heterocycles. The first-order chi connectivity index (χ1) is 13.5. The van der Waals surface area contributed by atoms with Gasteiger partial charge in [-0.25, -0.2) is 9.37 Å². The highest BCUT2D eigenvalue weighted by Gasteiger charge is 2.18. The zero-order valence-electron chi connectivity index (χ0n) is 14.4. The number of H-pyrrole nitrogens is 2. The molecule has 28 heavy (non-hydrogen) atoms. The fourth-order valence-electron chi connectivity index (χ4n) is 3.04. The summed E-state index contributed by atoms with van der Waals surface area (Å²) in [6, 6.07) is 11.3. The molecule has 0 aliphatic carbocycles. The van der Waals surface area contributed by atoms with E-state index in [4.69, 9.17) is 11.6 Å². The van der Waals surface area contributed by atoms with E-state index in [1.807, 2.05) is 0 Å². The lowest BCUT2D eigenvalue weighted by Crippen LogP contribution is -2.01. The summed E-state index contributed by atoms with van der Waals surface area (Å²) in [7, 11) is 0. The molecule has 0 aliphatic heterocycles. The molecule has 0 saturated carbocycles. The number of rotatable bonds is 5. The van der Waals surface area contributed by atoms with Gasteiger partial charge in [-0.3, -0.25) is 9.89 Å². The molecule has 0 atom stereocenters. The minimum atomic E-state index is -0.515. The van der Waals surface area contributed by atoms with Crippen LogP contribution in [0.5, 0.6) is 0 Å². The molecular weight excluding hydrogens is 383 g/mol. The highest BCUT2D eigenvalue weighted by Crippen LogP contribution is 2.31. The number of carbonyl (C=O) groups excluding carboxylic acids is 1. The first-order valence-electron chi connectivity index (χ1n) is 8.36. The molecule has 6 nitrogen and oxygen atoms in total. The Bertz CT molecular complexity index is 1180. The summed E-state index contributed by atoms with van der Waals surface area (Å²) in [6.07, 6.45) is 2.69. The summed E-state index contributed by atoms with van der Waals surface area (Å²) in [5.74, 6) is -1.05. The van der Waals surface area contributed by atoms with Crippen molar-refractivity contribution in [2.75, 3.05) is 0 Å². The van der Waals surface area contributed by atoms with Crippen molar-refractivity contribution in [2.24, 2.45) is 0 Å². The fraction of sp³-hybridized carbons (Fsp3) is 0.0500. The van der Waals surface area contributed by atoms with Crippen molar-refractivity contribution in [2.45, 2.75) is 6.42 Å². The maximum atomic E-state index is 13.2. The van der Waals surface area contributed by atoms with Crippen LogP contribution in [-0.4, -0.2) is 31.1 Å². The Morgan fingerprint density at radius 3 is 2.71 bits per heavy atom. The van der Waals surface area contributed by atoms with Gasteiger partial charge in [-0.15, -0.1) is 0 Å². The molecule has 0 aliphatic rings. The van der Waals surface area contributed by atoms with Crippen molar-refractivity contribution in [1.29, 1.82) is 0 Å². The van der Waals surface area contributed by atoms with Gasteiger partial charge in [0, 0.05) is 39.7 Å². The molecule has 2 heterocycles. The summed E-state index contributed by atoms with van der Waals surface area (Å²) < 4.78 is 13.2. The Kier molecular flexibility index (Phi) is 4.67. The van der Waals surface area contributed by atoms with Crippen LogP contribution in [0.2, 0.25) is 5.02 Å². The van der Waals surface area contributed by atoms with Crippen LogP contribution in [0.4, 0.5) is 4.39 Å². The van der Waals surface area contributed by atoms with Crippen LogP contribution in [0.3, 0.4) is 0 Å². The quantitative estimate of drug-likeness (QED) is 0.264. The van der Waals surface area contributed by atoms with Gasteiger partial charge in [0.05, 0.1) is 0 Å². The van der Waals surface area contributed by atoms with Crippen LogP contribution in [0.25, 0.3) is 16.7 Å². The molecule has 0 bridgehead atoms. The van der Waals surface area contributed by atoms with E-state index in [1.54, 1.807) is 30.3 Å². The number of allylic oxidation sites excluding steroid dienone is 1.